The molecule has 0 saturated carbocycles. The van der Waals surface area contributed by atoms with E-state index in [-0.39, 0.29) is 0 Å². The standard InChI is InChI=1S/C15H12BrNO/c16-14-5-1-12(2-6-14)9-10-18-15-7-3-13(11-17)4-8-15/h1-8H,9-10H2. The lowest BCUT2D eigenvalue weighted by Gasteiger charge is -2.06. The Balaban J connectivity index is 1.84. The maximum atomic E-state index is 8.68. The average Bonchev–Trinajstić information content (AvgIpc) is 2.42. The zero-order valence-corrected chi connectivity index (χ0v) is 11.4. The molecule has 2 aromatic carbocycles. The minimum atomic E-state index is 0.632. The monoisotopic (exact) mass is 301 g/mol. The Kier molecular flexibility index (Phi) is 4.38. The van der Waals surface area contributed by atoms with E-state index in [0.29, 0.717) is 12.2 Å². The minimum Gasteiger partial charge on any atom is -0.493 e. The van der Waals surface area contributed by atoms with Crippen molar-refractivity contribution in [1.29, 1.82) is 5.26 Å². The van der Waals surface area contributed by atoms with Crippen LogP contribution in [0.2, 0.25) is 0 Å². The molecule has 0 N–H and O–H groups in total. The van der Waals surface area contributed by atoms with Gasteiger partial charge in [0, 0.05) is 10.9 Å². The van der Waals surface area contributed by atoms with Crippen LogP contribution in [0, 0.1) is 11.3 Å². The van der Waals surface area contributed by atoms with Gasteiger partial charge in [-0.3, -0.25) is 0 Å². The molecule has 0 aromatic heterocycles. The number of benzene rings is 2. The Morgan fingerprint density at radius 1 is 1.00 bits per heavy atom. The van der Waals surface area contributed by atoms with E-state index < -0.39 is 0 Å². The van der Waals surface area contributed by atoms with Crippen molar-refractivity contribution in [2.75, 3.05) is 6.61 Å². The summed E-state index contributed by atoms with van der Waals surface area (Å²) in [5.74, 6) is 0.797. The molecule has 18 heavy (non-hydrogen) atoms. The van der Waals surface area contributed by atoms with Crippen LogP contribution in [0.4, 0.5) is 0 Å². The molecular weight excluding hydrogens is 290 g/mol. The highest BCUT2D eigenvalue weighted by Crippen LogP contribution is 2.13. The van der Waals surface area contributed by atoms with E-state index in [9.17, 15) is 0 Å². The van der Waals surface area contributed by atoms with Crippen LogP contribution in [0.3, 0.4) is 0 Å². The van der Waals surface area contributed by atoms with E-state index >= 15 is 0 Å². The molecule has 0 aliphatic rings. The topological polar surface area (TPSA) is 33.0 Å². The number of ether oxygens (including phenoxy) is 1. The number of hydrogen-bond donors (Lipinski definition) is 0. The van der Waals surface area contributed by atoms with Gasteiger partial charge >= 0.3 is 0 Å². The third kappa shape index (κ3) is 3.61. The molecule has 0 saturated heterocycles. The van der Waals surface area contributed by atoms with Crippen molar-refractivity contribution in [1.82, 2.24) is 0 Å². The van der Waals surface area contributed by atoms with Gasteiger partial charge in [-0.05, 0) is 42.0 Å². The van der Waals surface area contributed by atoms with Crippen LogP contribution in [-0.4, -0.2) is 6.61 Å². The largest absolute Gasteiger partial charge is 0.493 e. The lowest BCUT2D eigenvalue weighted by Crippen LogP contribution is -2.01. The van der Waals surface area contributed by atoms with Gasteiger partial charge in [-0.2, -0.15) is 5.26 Å². The molecular formula is C15H12BrNO. The fraction of sp³-hybridized carbons (Fsp3) is 0.133. The fourth-order valence-corrected chi connectivity index (χ4v) is 1.83. The Morgan fingerprint density at radius 3 is 2.28 bits per heavy atom. The third-order valence-corrected chi connectivity index (χ3v) is 3.08. The SMILES string of the molecule is N#Cc1ccc(OCCc2ccc(Br)cc2)cc1. The second-order valence-corrected chi connectivity index (χ2v) is 4.78. The number of hydrogen-bond acceptors (Lipinski definition) is 2. The highest BCUT2D eigenvalue weighted by atomic mass is 79.9. The summed E-state index contributed by atoms with van der Waals surface area (Å²) in [6.45, 7) is 0.632. The van der Waals surface area contributed by atoms with E-state index in [4.69, 9.17) is 10.00 Å². The maximum absolute atomic E-state index is 8.68. The van der Waals surface area contributed by atoms with E-state index in [1.165, 1.54) is 5.56 Å². The molecule has 0 fully saturated rings. The summed E-state index contributed by atoms with van der Waals surface area (Å²) in [6, 6.07) is 17.4. The van der Waals surface area contributed by atoms with Crippen molar-refractivity contribution in [2.24, 2.45) is 0 Å². The predicted molar refractivity (Wildman–Crippen MR) is 74.5 cm³/mol. The molecule has 2 rings (SSSR count). The highest BCUT2D eigenvalue weighted by molar-refractivity contribution is 9.10. The van der Waals surface area contributed by atoms with Crippen molar-refractivity contribution in [3.05, 3.63) is 64.1 Å². The van der Waals surface area contributed by atoms with Gasteiger partial charge in [-0.25, -0.2) is 0 Å². The molecule has 2 aromatic rings. The average molecular weight is 302 g/mol. The number of halogens is 1. The first-order valence-corrected chi connectivity index (χ1v) is 6.44. The van der Waals surface area contributed by atoms with Crippen LogP contribution in [0.5, 0.6) is 5.75 Å². The van der Waals surface area contributed by atoms with Crippen LogP contribution >= 0.6 is 15.9 Å². The van der Waals surface area contributed by atoms with Crippen molar-refractivity contribution in [3.8, 4) is 11.8 Å². The third-order valence-electron chi connectivity index (χ3n) is 2.56. The minimum absolute atomic E-state index is 0.632. The van der Waals surface area contributed by atoms with Crippen LogP contribution < -0.4 is 4.74 Å². The van der Waals surface area contributed by atoms with Gasteiger partial charge in [-0.1, -0.05) is 28.1 Å². The predicted octanol–water partition coefficient (Wildman–Crippen LogP) is 3.94. The second-order valence-electron chi connectivity index (χ2n) is 3.86. The summed E-state index contributed by atoms with van der Waals surface area (Å²) in [4.78, 5) is 0. The maximum Gasteiger partial charge on any atom is 0.119 e. The first-order valence-electron chi connectivity index (χ1n) is 5.65. The Labute approximate surface area is 115 Å². The van der Waals surface area contributed by atoms with Gasteiger partial charge in [0.25, 0.3) is 0 Å². The quantitative estimate of drug-likeness (QED) is 0.857. The molecule has 0 spiro atoms. The van der Waals surface area contributed by atoms with Crippen molar-refractivity contribution < 1.29 is 4.74 Å². The van der Waals surface area contributed by atoms with Gasteiger partial charge in [0.2, 0.25) is 0 Å². The van der Waals surface area contributed by atoms with Gasteiger partial charge in [0.1, 0.15) is 5.75 Å². The zero-order chi connectivity index (χ0) is 12.8. The van der Waals surface area contributed by atoms with Crippen LogP contribution in [0.25, 0.3) is 0 Å². The van der Waals surface area contributed by atoms with Crippen molar-refractivity contribution in [2.45, 2.75) is 6.42 Å². The van der Waals surface area contributed by atoms with Gasteiger partial charge in [-0.15, -0.1) is 0 Å². The van der Waals surface area contributed by atoms with E-state index in [1.54, 1.807) is 12.1 Å². The summed E-state index contributed by atoms with van der Waals surface area (Å²) < 4.78 is 6.70. The second kappa shape index (κ2) is 6.23. The van der Waals surface area contributed by atoms with E-state index in [2.05, 4.69) is 34.1 Å². The lowest BCUT2D eigenvalue weighted by atomic mass is 10.2. The summed E-state index contributed by atoms with van der Waals surface area (Å²) in [7, 11) is 0. The highest BCUT2D eigenvalue weighted by Gasteiger charge is 1.96. The lowest BCUT2D eigenvalue weighted by molar-refractivity contribution is 0.322. The first-order chi connectivity index (χ1) is 8.78. The van der Waals surface area contributed by atoms with Crippen LogP contribution in [-0.2, 0) is 6.42 Å². The summed E-state index contributed by atoms with van der Waals surface area (Å²) in [5, 5.41) is 8.68. The Hall–Kier alpha value is -1.79. The van der Waals surface area contributed by atoms with Gasteiger partial charge in [0.15, 0.2) is 0 Å². The summed E-state index contributed by atoms with van der Waals surface area (Å²) in [6.07, 6.45) is 0.868. The number of nitrogens with zero attached hydrogens (tertiary/aromatic N) is 1. The molecule has 0 radical (unpaired) electrons. The molecule has 0 aliphatic carbocycles. The molecule has 0 atom stereocenters. The van der Waals surface area contributed by atoms with E-state index in [1.807, 2.05) is 24.3 Å². The molecule has 0 amide bonds. The Bertz CT molecular complexity index is 540. The Morgan fingerprint density at radius 2 is 1.67 bits per heavy atom. The molecule has 0 bridgehead atoms. The molecule has 90 valence electrons. The van der Waals surface area contributed by atoms with Crippen LogP contribution in [0.15, 0.2) is 53.0 Å². The molecule has 3 heteroatoms. The van der Waals surface area contributed by atoms with Gasteiger partial charge in [0.05, 0.1) is 18.2 Å². The fourth-order valence-electron chi connectivity index (χ4n) is 1.56. The van der Waals surface area contributed by atoms with Gasteiger partial charge < -0.3 is 4.74 Å². The van der Waals surface area contributed by atoms with Crippen molar-refractivity contribution in [3.63, 3.8) is 0 Å². The smallest absolute Gasteiger partial charge is 0.119 e. The normalized spacial score (nSPS) is 9.78. The van der Waals surface area contributed by atoms with E-state index in [0.717, 1.165) is 16.6 Å². The molecule has 0 aliphatic heterocycles. The summed E-state index contributed by atoms with van der Waals surface area (Å²) >= 11 is 3.41. The zero-order valence-electron chi connectivity index (χ0n) is 9.77. The number of nitriles is 1. The molecule has 0 heterocycles. The first kappa shape index (κ1) is 12.7. The summed E-state index contributed by atoms with van der Waals surface area (Å²) in [5.41, 5.74) is 1.89. The van der Waals surface area contributed by atoms with Crippen molar-refractivity contribution >= 4 is 15.9 Å². The molecule has 0 unspecified atom stereocenters. The number of rotatable bonds is 4. The van der Waals surface area contributed by atoms with Crippen LogP contribution in [0.1, 0.15) is 11.1 Å². The molecule has 2 nitrogen and oxygen atoms in total.